The fourth-order valence-corrected chi connectivity index (χ4v) is 2.23. The minimum atomic E-state index is -5.09. The first-order valence-corrected chi connectivity index (χ1v) is 6.68. The number of alkyl halides is 3. The molecule has 1 aromatic heterocycles. The van der Waals surface area contributed by atoms with Crippen LogP contribution in [0.2, 0.25) is 0 Å². The number of aliphatic hydroxyl groups is 2. The van der Waals surface area contributed by atoms with Gasteiger partial charge in [-0.1, -0.05) is 0 Å². The lowest BCUT2D eigenvalue weighted by atomic mass is 10.1. The van der Waals surface area contributed by atoms with E-state index in [1.165, 1.54) is 6.92 Å². The molecule has 1 fully saturated rings. The van der Waals surface area contributed by atoms with Crippen LogP contribution < -0.4 is 11.0 Å². The third kappa shape index (κ3) is 4.08. The zero-order valence-corrected chi connectivity index (χ0v) is 12.2. The van der Waals surface area contributed by atoms with Gasteiger partial charge in [0, 0.05) is 13.1 Å². The lowest BCUT2D eigenvalue weighted by molar-refractivity contribution is -0.356. The Bertz CT molecular complexity index is 664. The summed E-state index contributed by atoms with van der Waals surface area (Å²) in [5.74, 6) is -0.597. The summed E-state index contributed by atoms with van der Waals surface area (Å²) in [6.07, 6.45) is -10.9. The quantitative estimate of drug-likeness (QED) is 0.658. The van der Waals surface area contributed by atoms with Gasteiger partial charge in [0.05, 0.1) is 6.61 Å². The average molecular weight is 353 g/mol. The second-order valence-corrected chi connectivity index (χ2v) is 4.95. The molecule has 1 aliphatic heterocycles. The topological polar surface area (TPSA) is 123 Å². The maximum atomic E-state index is 12.5. The number of aromatic nitrogens is 2. The van der Waals surface area contributed by atoms with E-state index in [0.29, 0.717) is 4.57 Å². The molecule has 3 N–H and O–H groups in total. The smallest absolute Gasteiger partial charge is 0.394 e. The molecule has 12 heteroatoms. The number of hydrogen-bond donors (Lipinski definition) is 3. The molecule has 24 heavy (non-hydrogen) atoms. The van der Waals surface area contributed by atoms with Crippen molar-refractivity contribution in [3.05, 3.63) is 22.7 Å². The number of nitrogens with zero attached hydrogens (tertiary/aromatic N) is 2. The summed E-state index contributed by atoms with van der Waals surface area (Å²) in [6, 6.07) is 1.16. The Hall–Kier alpha value is -2.02. The number of ether oxygens (including phenoxy) is 2. The number of hydrogen-bond acceptors (Lipinski definition) is 7. The van der Waals surface area contributed by atoms with Gasteiger partial charge in [0.1, 0.15) is 24.1 Å². The molecule has 0 spiro atoms. The highest BCUT2D eigenvalue weighted by Crippen LogP contribution is 2.35. The summed E-state index contributed by atoms with van der Waals surface area (Å²) in [5, 5.41) is 21.1. The van der Waals surface area contributed by atoms with Crippen molar-refractivity contribution in [3.8, 4) is 0 Å². The third-order valence-corrected chi connectivity index (χ3v) is 3.17. The van der Waals surface area contributed by atoms with Gasteiger partial charge in [-0.25, -0.2) is 4.79 Å². The summed E-state index contributed by atoms with van der Waals surface area (Å²) in [6.45, 7) is 0.407. The Labute approximate surface area is 132 Å². The first-order chi connectivity index (χ1) is 11.1. The van der Waals surface area contributed by atoms with Crippen LogP contribution in [-0.4, -0.2) is 57.0 Å². The third-order valence-electron chi connectivity index (χ3n) is 3.17. The van der Waals surface area contributed by atoms with Crippen LogP contribution in [-0.2, 0) is 14.3 Å². The fourth-order valence-electron chi connectivity index (χ4n) is 2.23. The molecule has 1 aromatic rings. The lowest BCUT2D eigenvalue weighted by Gasteiger charge is -2.23. The highest BCUT2D eigenvalue weighted by Gasteiger charge is 2.50. The van der Waals surface area contributed by atoms with Crippen LogP contribution in [0.25, 0.3) is 0 Å². The summed E-state index contributed by atoms with van der Waals surface area (Å²) >= 11 is 0. The van der Waals surface area contributed by atoms with Crippen LogP contribution in [0.5, 0.6) is 0 Å². The minimum absolute atomic E-state index is 0.103. The van der Waals surface area contributed by atoms with Crippen molar-refractivity contribution in [3.63, 3.8) is 0 Å². The van der Waals surface area contributed by atoms with Crippen molar-refractivity contribution in [1.29, 1.82) is 0 Å². The fraction of sp³-hybridized carbons (Fsp3) is 0.583. The van der Waals surface area contributed by atoms with Gasteiger partial charge in [0.15, 0.2) is 6.23 Å². The zero-order valence-electron chi connectivity index (χ0n) is 12.2. The Morgan fingerprint density at radius 3 is 2.71 bits per heavy atom. The zero-order chi connectivity index (χ0) is 18.1. The molecule has 134 valence electrons. The van der Waals surface area contributed by atoms with Gasteiger partial charge < -0.3 is 20.3 Å². The van der Waals surface area contributed by atoms with Gasteiger partial charge in [-0.2, -0.15) is 4.98 Å². The summed E-state index contributed by atoms with van der Waals surface area (Å²) in [7, 11) is 0. The van der Waals surface area contributed by atoms with Crippen LogP contribution in [0.4, 0.5) is 19.0 Å². The van der Waals surface area contributed by atoms with Crippen molar-refractivity contribution in [2.75, 3.05) is 11.9 Å². The van der Waals surface area contributed by atoms with Crippen molar-refractivity contribution in [2.45, 2.75) is 37.8 Å². The molecule has 2 rings (SSSR count). The van der Waals surface area contributed by atoms with Crippen LogP contribution in [0.15, 0.2) is 17.1 Å². The second-order valence-electron chi connectivity index (χ2n) is 4.95. The van der Waals surface area contributed by atoms with Gasteiger partial charge in [0.25, 0.3) is 0 Å². The maximum absolute atomic E-state index is 12.5. The normalized spacial score (nSPS) is 27.2. The average Bonchev–Trinajstić information content (AvgIpc) is 2.74. The Kier molecular flexibility index (Phi) is 5.22. The highest BCUT2D eigenvalue weighted by atomic mass is 19.4. The first kappa shape index (κ1) is 18.3. The molecule has 0 radical (unpaired) electrons. The molecule has 0 bridgehead atoms. The molecule has 2 heterocycles. The summed E-state index contributed by atoms with van der Waals surface area (Å²) < 4.78 is 47.1. The molecule has 1 aliphatic rings. The Balaban J connectivity index is 2.33. The van der Waals surface area contributed by atoms with Gasteiger partial charge in [0.2, 0.25) is 5.91 Å². The van der Waals surface area contributed by atoms with Crippen molar-refractivity contribution in [1.82, 2.24) is 9.55 Å². The minimum Gasteiger partial charge on any atom is -0.394 e. The van der Waals surface area contributed by atoms with Crippen molar-refractivity contribution >= 4 is 11.7 Å². The Morgan fingerprint density at radius 1 is 1.54 bits per heavy atom. The van der Waals surface area contributed by atoms with E-state index in [1.807, 2.05) is 0 Å². The van der Waals surface area contributed by atoms with E-state index in [-0.39, 0.29) is 5.82 Å². The molecule has 1 saturated heterocycles. The maximum Gasteiger partial charge on any atom is 0.523 e. The molecule has 0 aliphatic carbocycles. The summed E-state index contributed by atoms with van der Waals surface area (Å²) in [5.41, 5.74) is -1.03. The van der Waals surface area contributed by atoms with E-state index in [9.17, 15) is 27.9 Å². The number of halogens is 3. The highest BCUT2D eigenvalue weighted by molar-refractivity contribution is 5.87. The predicted octanol–water partition coefficient (Wildman–Crippen LogP) is -0.643. The molecule has 1 amide bonds. The molecular weight excluding hydrogens is 339 g/mol. The number of carbonyl (C=O) groups is 1. The van der Waals surface area contributed by atoms with Gasteiger partial charge >= 0.3 is 12.1 Å². The standard InChI is InChI=1S/C12H14F3N3O6/c1-5(20)16-7-2-3-18(11(22)17-7)10-9(24-12(13,14)15)8(21)6(4-19)23-10/h2-3,6,8-10,19,21H,4H2,1H3,(H,16,17,20,22)/t6-,8+,9?,10-/m1/s1. The number of anilines is 1. The molecular formula is C12H14F3N3O6. The molecule has 1 unspecified atom stereocenters. The van der Waals surface area contributed by atoms with E-state index < -0.39 is 49.1 Å². The molecule has 4 atom stereocenters. The predicted molar refractivity (Wildman–Crippen MR) is 70.7 cm³/mol. The molecule has 0 saturated carbocycles. The first-order valence-electron chi connectivity index (χ1n) is 6.68. The van der Waals surface area contributed by atoms with Crippen molar-refractivity contribution < 1.29 is 37.7 Å². The van der Waals surface area contributed by atoms with E-state index in [1.54, 1.807) is 0 Å². The van der Waals surface area contributed by atoms with Crippen LogP contribution >= 0.6 is 0 Å². The summed E-state index contributed by atoms with van der Waals surface area (Å²) in [4.78, 5) is 26.3. The van der Waals surface area contributed by atoms with Gasteiger partial charge in [-0.05, 0) is 6.07 Å². The Morgan fingerprint density at radius 2 is 2.21 bits per heavy atom. The molecule has 0 aromatic carbocycles. The number of rotatable bonds is 4. The second kappa shape index (κ2) is 6.84. The molecule has 9 nitrogen and oxygen atoms in total. The number of carbonyl (C=O) groups excluding carboxylic acids is 1. The SMILES string of the molecule is CC(=O)Nc1ccn([C@@H]2O[C@H](CO)[C@H](O)C2OC(F)(F)F)c(=O)n1. The van der Waals surface area contributed by atoms with E-state index >= 15 is 0 Å². The van der Waals surface area contributed by atoms with E-state index in [4.69, 9.17) is 9.84 Å². The van der Waals surface area contributed by atoms with Crippen molar-refractivity contribution in [2.24, 2.45) is 0 Å². The van der Waals surface area contributed by atoms with Gasteiger partial charge in [-0.15, -0.1) is 13.2 Å². The van der Waals surface area contributed by atoms with Crippen LogP contribution in [0.3, 0.4) is 0 Å². The monoisotopic (exact) mass is 353 g/mol. The lowest BCUT2D eigenvalue weighted by Crippen LogP contribution is -2.41. The van der Waals surface area contributed by atoms with Crippen LogP contribution in [0.1, 0.15) is 13.2 Å². The van der Waals surface area contributed by atoms with Gasteiger partial charge in [-0.3, -0.25) is 14.1 Å². The van der Waals surface area contributed by atoms with E-state index in [2.05, 4.69) is 15.0 Å². The van der Waals surface area contributed by atoms with E-state index in [0.717, 1.165) is 12.3 Å². The number of amides is 1. The number of nitrogens with one attached hydrogen (secondary N) is 1. The van der Waals surface area contributed by atoms with Crippen LogP contribution in [0, 0.1) is 0 Å². The largest absolute Gasteiger partial charge is 0.523 e. The number of aliphatic hydroxyl groups excluding tert-OH is 2.